The van der Waals surface area contributed by atoms with E-state index < -0.39 is 9.84 Å². The van der Waals surface area contributed by atoms with E-state index in [-0.39, 0.29) is 47.3 Å². The molecule has 8 heteroatoms. The maximum Gasteiger partial charge on any atom is 0.191 e. The lowest BCUT2D eigenvalue weighted by Gasteiger charge is -2.23. The molecule has 2 aliphatic heterocycles. The van der Waals surface area contributed by atoms with E-state index in [0.717, 1.165) is 31.8 Å². The largest absolute Gasteiger partial charge is 0.373 e. The number of nitrogens with one attached hydrogen (secondary N) is 2. The van der Waals surface area contributed by atoms with Crippen molar-refractivity contribution in [2.75, 3.05) is 31.2 Å². The highest BCUT2D eigenvalue weighted by atomic mass is 127. The molecule has 0 aromatic carbocycles. The number of aliphatic imine (C=N–C) groups is 1. The minimum atomic E-state index is -2.82. The van der Waals surface area contributed by atoms with Crippen LogP contribution in [0.5, 0.6) is 0 Å². The van der Waals surface area contributed by atoms with Crippen molar-refractivity contribution in [2.45, 2.75) is 51.7 Å². The van der Waals surface area contributed by atoms with Crippen LogP contribution in [0.15, 0.2) is 4.99 Å². The Morgan fingerprint density at radius 2 is 2.17 bits per heavy atom. The molecule has 2 fully saturated rings. The number of rotatable bonds is 5. The lowest BCUT2D eigenvalue weighted by Crippen LogP contribution is -2.44. The monoisotopic (exact) mass is 459 g/mol. The normalized spacial score (nSPS) is 30.3. The topological polar surface area (TPSA) is 79.8 Å². The SMILES string of the molecule is CC(C)NC(=NCC1(C)CCCO1)NCC1CCS(=O)(=O)C1.I. The van der Waals surface area contributed by atoms with Crippen LogP contribution in [-0.2, 0) is 14.6 Å². The first-order chi connectivity index (χ1) is 10.3. The van der Waals surface area contributed by atoms with Gasteiger partial charge in [0.25, 0.3) is 0 Å². The summed E-state index contributed by atoms with van der Waals surface area (Å²) >= 11 is 0. The zero-order chi connectivity index (χ0) is 16.2. The van der Waals surface area contributed by atoms with Gasteiger partial charge in [-0.2, -0.15) is 0 Å². The van der Waals surface area contributed by atoms with E-state index in [4.69, 9.17) is 4.74 Å². The Kier molecular flexibility index (Phi) is 8.06. The van der Waals surface area contributed by atoms with E-state index in [1.165, 1.54) is 0 Å². The third-order valence-electron chi connectivity index (χ3n) is 4.18. The molecule has 0 bridgehead atoms. The minimum Gasteiger partial charge on any atom is -0.373 e. The average Bonchev–Trinajstić information content (AvgIpc) is 2.99. The molecule has 23 heavy (non-hydrogen) atoms. The van der Waals surface area contributed by atoms with Crippen LogP contribution in [0.1, 0.15) is 40.0 Å². The fourth-order valence-corrected chi connectivity index (χ4v) is 4.77. The lowest BCUT2D eigenvalue weighted by molar-refractivity contribution is 0.0283. The predicted molar refractivity (Wildman–Crippen MR) is 104 cm³/mol. The molecule has 136 valence electrons. The van der Waals surface area contributed by atoms with Gasteiger partial charge >= 0.3 is 0 Å². The molecule has 0 aromatic rings. The summed E-state index contributed by atoms with van der Waals surface area (Å²) in [4.78, 5) is 4.63. The quantitative estimate of drug-likeness (QED) is 0.371. The smallest absolute Gasteiger partial charge is 0.191 e. The van der Waals surface area contributed by atoms with E-state index >= 15 is 0 Å². The molecule has 2 rings (SSSR count). The second kappa shape index (κ2) is 8.84. The molecule has 0 radical (unpaired) electrons. The number of guanidine groups is 1. The van der Waals surface area contributed by atoms with Crippen molar-refractivity contribution < 1.29 is 13.2 Å². The van der Waals surface area contributed by atoms with Gasteiger partial charge in [-0.15, -0.1) is 24.0 Å². The number of hydrogen-bond donors (Lipinski definition) is 2. The third kappa shape index (κ3) is 7.13. The molecule has 2 saturated heterocycles. The van der Waals surface area contributed by atoms with Crippen molar-refractivity contribution in [1.29, 1.82) is 0 Å². The molecule has 2 heterocycles. The highest BCUT2D eigenvalue weighted by Gasteiger charge is 2.30. The molecular weight excluding hydrogens is 429 g/mol. The molecule has 0 spiro atoms. The van der Waals surface area contributed by atoms with Crippen molar-refractivity contribution in [3.63, 3.8) is 0 Å². The number of ether oxygens (including phenoxy) is 1. The maximum atomic E-state index is 11.5. The first-order valence-electron chi connectivity index (χ1n) is 8.17. The summed E-state index contributed by atoms with van der Waals surface area (Å²) in [5.41, 5.74) is -0.164. The molecule has 6 nitrogen and oxygen atoms in total. The Labute approximate surface area is 157 Å². The van der Waals surface area contributed by atoms with Gasteiger partial charge in [-0.3, -0.25) is 4.99 Å². The van der Waals surface area contributed by atoms with Gasteiger partial charge in [-0.1, -0.05) is 0 Å². The third-order valence-corrected chi connectivity index (χ3v) is 6.02. The van der Waals surface area contributed by atoms with Crippen LogP contribution < -0.4 is 10.6 Å². The summed E-state index contributed by atoms with van der Waals surface area (Å²) in [6.07, 6.45) is 2.86. The zero-order valence-electron chi connectivity index (χ0n) is 14.3. The first kappa shape index (κ1) is 21.0. The Morgan fingerprint density at radius 1 is 1.43 bits per heavy atom. The van der Waals surface area contributed by atoms with Crippen LogP contribution in [0.2, 0.25) is 0 Å². The van der Waals surface area contributed by atoms with Gasteiger partial charge in [-0.05, 0) is 46.0 Å². The fraction of sp³-hybridized carbons (Fsp3) is 0.933. The molecule has 2 aliphatic rings. The Morgan fingerprint density at radius 3 is 2.70 bits per heavy atom. The van der Waals surface area contributed by atoms with Crippen LogP contribution >= 0.6 is 24.0 Å². The number of hydrogen-bond acceptors (Lipinski definition) is 4. The lowest BCUT2D eigenvalue weighted by atomic mass is 10.0. The van der Waals surface area contributed by atoms with Crippen LogP contribution in [0, 0.1) is 5.92 Å². The zero-order valence-corrected chi connectivity index (χ0v) is 17.4. The molecule has 0 amide bonds. The molecule has 0 aromatic heterocycles. The number of nitrogens with zero attached hydrogens (tertiary/aromatic N) is 1. The average molecular weight is 459 g/mol. The number of halogens is 1. The van der Waals surface area contributed by atoms with Crippen molar-refractivity contribution in [1.82, 2.24) is 10.6 Å². The van der Waals surface area contributed by atoms with E-state index in [1.54, 1.807) is 0 Å². The molecule has 2 unspecified atom stereocenters. The van der Waals surface area contributed by atoms with Crippen molar-refractivity contribution in [2.24, 2.45) is 10.9 Å². The van der Waals surface area contributed by atoms with E-state index in [2.05, 4.69) is 36.4 Å². The summed E-state index contributed by atoms with van der Waals surface area (Å²) in [6, 6.07) is 0.274. The molecule has 2 atom stereocenters. The van der Waals surface area contributed by atoms with Gasteiger partial charge in [0, 0.05) is 19.2 Å². The van der Waals surface area contributed by atoms with Crippen molar-refractivity contribution in [3.8, 4) is 0 Å². The van der Waals surface area contributed by atoms with E-state index in [9.17, 15) is 8.42 Å². The van der Waals surface area contributed by atoms with Gasteiger partial charge in [0.2, 0.25) is 0 Å². The fourth-order valence-electron chi connectivity index (χ4n) is 2.91. The minimum absolute atomic E-state index is 0. The Hall–Kier alpha value is -0.0900. The molecule has 2 N–H and O–H groups in total. The predicted octanol–water partition coefficient (Wildman–Crippen LogP) is 1.55. The standard InChI is InChI=1S/C15H29N3O3S.HI/c1-12(2)18-14(17-11-15(3)6-4-7-21-15)16-9-13-5-8-22(19,20)10-13;/h12-13H,4-11H2,1-3H3,(H2,16,17,18);1H. The number of sulfone groups is 1. The van der Waals surface area contributed by atoms with Gasteiger partial charge in [0.15, 0.2) is 15.8 Å². The van der Waals surface area contributed by atoms with Crippen LogP contribution in [0.25, 0.3) is 0 Å². The van der Waals surface area contributed by atoms with Gasteiger partial charge in [0.1, 0.15) is 0 Å². The van der Waals surface area contributed by atoms with Crippen molar-refractivity contribution in [3.05, 3.63) is 0 Å². The van der Waals surface area contributed by atoms with Gasteiger partial charge in [-0.25, -0.2) is 8.42 Å². The van der Waals surface area contributed by atoms with E-state index in [0.29, 0.717) is 18.8 Å². The summed E-state index contributed by atoms with van der Waals surface area (Å²) in [7, 11) is -2.82. The Bertz CT molecular complexity index is 502. The van der Waals surface area contributed by atoms with Crippen LogP contribution in [0.4, 0.5) is 0 Å². The van der Waals surface area contributed by atoms with Crippen LogP contribution in [0.3, 0.4) is 0 Å². The molecule has 0 aliphatic carbocycles. The second-order valence-corrected chi connectivity index (χ2v) is 9.24. The summed E-state index contributed by atoms with van der Waals surface area (Å²) in [5, 5.41) is 6.59. The Balaban J connectivity index is 0.00000264. The maximum absolute atomic E-state index is 11.5. The second-order valence-electron chi connectivity index (χ2n) is 7.02. The van der Waals surface area contributed by atoms with E-state index in [1.807, 2.05) is 0 Å². The molecule has 0 saturated carbocycles. The summed E-state index contributed by atoms with van der Waals surface area (Å²) in [6.45, 7) is 8.30. The van der Waals surface area contributed by atoms with Crippen molar-refractivity contribution >= 4 is 39.8 Å². The van der Waals surface area contributed by atoms with Gasteiger partial charge in [0.05, 0.1) is 23.7 Å². The first-order valence-corrected chi connectivity index (χ1v) is 9.99. The van der Waals surface area contributed by atoms with Gasteiger partial charge < -0.3 is 15.4 Å². The molecular formula is C15H30IN3O3S. The highest BCUT2D eigenvalue weighted by Crippen LogP contribution is 2.25. The van der Waals surface area contributed by atoms with Crippen LogP contribution in [-0.4, -0.2) is 57.2 Å². The highest BCUT2D eigenvalue weighted by molar-refractivity contribution is 14.0. The summed E-state index contributed by atoms with van der Waals surface area (Å²) < 4.78 is 28.8. The summed E-state index contributed by atoms with van der Waals surface area (Å²) in [5.74, 6) is 1.53.